The van der Waals surface area contributed by atoms with E-state index in [1.807, 2.05) is 49.4 Å². The fourth-order valence-corrected chi connectivity index (χ4v) is 2.39. The molecule has 0 heterocycles. The third-order valence-corrected chi connectivity index (χ3v) is 3.66. The predicted molar refractivity (Wildman–Crippen MR) is 87.9 cm³/mol. The van der Waals surface area contributed by atoms with Gasteiger partial charge in [-0.1, -0.05) is 24.3 Å². The number of benzene rings is 2. The third-order valence-electron chi connectivity index (χ3n) is 3.66. The van der Waals surface area contributed by atoms with Crippen molar-refractivity contribution in [3.8, 4) is 5.75 Å². The van der Waals surface area contributed by atoms with Crippen molar-refractivity contribution in [2.45, 2.75) is 20.0 Å². The van der Waals surface area contributed by atoms with Crippen molar-refractivity contribution in [3.05, 3.63) is 64.7 Å². The number of amides is 1. The second-order valence-electron chi connectivity index (χ2n) is 5.37. The Morgan fingerprint density at radius 1 is 1.14 bits per heavy atom. The maximum Gasteiger partial charge on any atom is 0.253 e. The van der Waals surface area contributed by atoms with Gasteiger partial charge in [-0.15, -0.1) is 0 Å². The molecule has 0 bridgehead atoms. The number of ether oxygens (including phenoxy) is 1. The molecule has 4 heteroatoms. The highest BCUT2D eigenvalue weighted by Gasteiger charge is 2.12. The maximum atomic E-state index is 12.4. The van der Waals surface area contributed by atoms with Crippen LogP contribution < -0.4 is 10.5 Å². The SMILES string of the molecule is COc1ccc(CN(C)C(=O)c2ccc(CN)cc2)cc1C. The van der Waals surface area contributed by atoms with Gasteiger partial charge in [0.15, 0.2) is 0 Å². The molecule has 0 unspecified atom stereocenters. The second-order valence-corrected chi connectivity index (χ2v) is 5.37. The summed E-state index contributed by atoms with van der Waals surface area (Å²) in [4.78, 5) is 14.1. The van der Waals surface area contributed by atoms with Gasteiger partial charge in [-0.05, 0) is 41.8 Å². The Morgan fingerprint density at radius 3 is 2.32 bits per heavy atom. The van der Waals surface area contributed by atoms with E-state index >= 15 is 0 Å². The summed E-state index contributed by atoms with van der Waals surface area (Å²) in [7, 11) is 3.46. The Morgan fingerprint density at radius 2 is 1.77 bits per heavy atom. The summed E-state index contributed by atoms with van der Waals surface area (Å²) in [6, 6.07) is 13.4. The number of hydrogen-bond donors (Lipinski definition) is 1. The van der Waals surface area contributed by atoms with Gasteiger partial charge in [0.05, 0.1) is 7.11 Å². The molecule has 2 aromatic carbocycles. The molecule has 1 amide bonds. The molecule has 0 aliphatic rings. The molecule has 0 saturated heterocycles. The van der Waals surface area contributed by atoms with Gasteiger partial charge < -0.3 is 15.4 Å². The first-order valence-electron chi connectivity index (χ1n) is 7.23. The largest absolute Gasteiger partial charge is 0.496 e. The zero-order valence-corrected chi connectivity index (χ0v) is 13.3. The predicted octanol–water partition coefficient (Wildman–Crippen LogP) is 2.73. The van der Waals surface area contributed by atoms with Crippen LogP contribution in [0.15, 0.2) is 42.5 Å². The van der Waals surface area contributed by atoms with Crippen molar-refractivity contribution in [2.75, 3.05) is 14.2 Å². The van der Waals surface area contributed by atoms with Crippen LogP contribution in [0.3, 0.4) is 0 Å². The summed E-state index contributed by atoms with van der Waals surface area (Å²) in [6.07, 6.45) is 0. The Balaban J connectivity index is 2.08. The molecule has 0 atom stereocenters. The second kappa shape index (κ2) is 7.09. The van der Waals surface area contributed by atoms with E-state index in [9.17, 15) is 4.79 Å². The molecule has 0 aromatic heterocycles. The van der Waals surface area contributed by atoms with Crippen molar-refractivity contribution >= 4 is 5.91 Å². The first-order chi connectivity index (χ1) is 10.5. The number of rotatable bonds is 5. The fraction of sp³-hybridized carbons (Fsp3) is 0.278. The maximum absolute atomic E-state index is 12.4. The van der Waals surface area contributed by atoms with Crippen LogP contribution in [0.25, 0.3) is 0 Å². The van der Waals surface area contributed by atoms with E-state index in [4.69, 9.17) is 10.5 Å². The number of aryl methyl sites for hydroxylation is 1. The Bertz CT molecular complexity index is 651. The molecular weight excluding hydrogens is 276 g/mol. The molecule has 116 valence electrons. The Labute approximate surface area is 131 Å². The highest BCUT2D eigenvalue weighted by Crippen LogP contribution is 2.19. The molecule has 0 spiro atoms. The molecule has 0 saturated carbocycles. The van der Waals surface area contributed by atoms with Crippen LogP contribution >= 0.6 is 0 Å². The summed E-state index contributed by atoms with van der Waals surface area (Å²) in [5.74, 6) is 0.854. The van der Waals surface area contributed by atoms with E-state index in [0.29, 0.717) is 18.7 Å². The molecule has 2 N–H and O–H groups in total. The van der Waals surface area contributed by atoms with Gasteiger partial charge in [-0.25, -0.2) is 0 Å². The van der Waals surface area contributed by atoms with E-state index in [2.05, 4.69) is 0 Å². The molecule has 2 rings (SSSR count). The van der Waals surface area contributed by atoms with Crippen molar-refractivity contribution in [2.24, 2.45) is 5.73 Å². The van der Waals surface area contributed by atoms with Crippen LogP contribution in [0.5, 0.6) is 5.75 Å². The topological polar surface area (TPSA) is 55.6 Å². The lowest BCUT2D eigenvalue weighted by atomic mass is 10.1. The summed E-state index contributed by atoms with van der Waals surface area (Å²) < 4.78 is 5.25. The number of nitrogens with zero attached hydrogens (tertiary/aromatic N) is 1. The standard InChI is InChI=1S/C18H22N2O2/c1-13-10-15(6-9-17(13)22-3)12-20(2)18(21)16-7-4-14(11-19)5-8-16/h4-10H,11-12,19H2,1-3H3. The van der Waals surface area contributed by atoms with Gasteiger partial charge in [-0.3, -0.25) is 4.79 Å². The molecule has 0 aliphatic carbocycles. The lowest BCUT2D eigenvalue weighted by molar-refractivity contribution is 0.0785. The van der Waals surface area contributed by atoms with Crippen LogP contribution in [0.1, 0.15) is 27.0 Å². The zero-order chi connectivity index (χ0) is 16.1. The Hall–Kier alpha value is -2.33. The lowest BCUT2D eigenvalue weighted by Gasteiger charge is -2.18. The normalized spacial score (nSPS) is 10.4. The lowest BCUT2D eigenvalue weighted by Crippen LogP contribution is -2.26. The molecule has 22 heavy (non-hydrogen) atoms. The van der Waals surface area contributed by atoms with Crippen LogP contribution in [-0.4, -0.2) is 25.0 Å². The number of carbonyl (C=O) groups excluding carboxylic acids is 1. The average molecular weight is 298 g/mol. The molecule has 0 aliphatic heterocycles. The third kappa shape index (κ3) is 3.65. The highest BCUT2D eigenvalue weighted by atomic mass is 16.5. The van der Waals surface area contributed by atoms with Crippen LogP contribution in [0, 0.1) is 6.92 Å². The molecule has 0 radical (unpaired) electrons. The Kier molecular flexibility index (Phi) is 5.17. The summed E-state index contributed by atoms with van der Waals surface area (Å²) >= 11 is 0. The number of nitrogens with two attached hydrogens (primary N) is 1. The summed E-state index contributed by atoms with van der Waals surface area (Å²) in [5.41, 5.74) is 9.40. The first-order valence-corrected chi connectivity index (χ1v) is 7.23. The van der Waals surface area contributed by atoms with Crippen molar-refractivity contribution in [1.29, 1.82) is 0 Å². The van der Waals surface area contributed by atoms with Crippen LogP contribution in [0.4, 0.5) is 0 Å². The monoisotopic (exact) mass is 298 g/mol. The quantitative estimate of drug-likeness (QED) is 0.923. The minimum Gasteiger partial charge on any atom is -0.496 e. The summed E-state index contributed by atoms with van der Waals surface area (Å²) in [5, 5.41) is 0. The van der Waals surface area contributed by atoms with Gasteiger partial charge in [0, 0.05) is 25.7 Å². The van der Waals surface area contributed by atoms with Crippen LogP contribution in [-0.2, 0) is 13.1 Å². The van der Waals surface area contributed by atoms with Crippen LogP contribution in [0.2, 0.25) is 0 Å². The van der Waals surface area contributed by atoms with Crippen molar-refractivity contribution in [1.82, 2.24) is 4.90 Å². The fourth-order valence-electron chi connectivity index (χ4n) is 2.39. The van der Waals surface area contributed by atoms with Gasteiger partial charge in [0.2, 0.25) is 0 Å². The molecule has 2 aromatic rings. The van der Waals surface area contributed by atoms with E-state index in [-0.39, 0.29) is 5.91 Å². The number of methoxy groups -OCH3 is 1. The first kappa shape index (κ1) is 16.0. The average Bonchev–Trinajstić information content (AvgIpc) is 2.54. The summed E-state index contributed by atoms with van der Waals surface area (Å²) in [6.45, 7) is 3.04. The highest BCUT2D eigenvalue weighted by molar-refractivity contribution is 5.94. The van der Waals surface area contributed by atoms with Gasteiger partial charge in [0.1, 0.15) is 5.75 Å². The minimum atomic E-state index is -0.00274. The molecule has 0 fully saturated rings. The number of hydrogen-bond acceptors (Lipinski definition) is 3. The van der Waals surface area contributed by atoms with Crippen molar-refractivity contribution in [3.63, 3.8) is 0 Å². The molecular formula is C18H22N2O2. The molecule has 4 nitrogen and oxygen atoms in total. The van der Waals surface area contributed by atoms with Gasteiger partial charge in [0.25, 0.3) is 5.91 Å². The van der Waals surface area contributed by atoms with E-state index in [0.717, 1.165) is 22.4 Å². The zero-order valence-electron chi connectivity index (χ0n) is 13.3. The van der Waals surface area contributed by atoms with Gasteiger partial charge in [-0.2, -0.15) is 0 Å². The smallest absolute Gasteiger partial charge is 0.253 e. The minimum absolute atomic E-state index is 0.00274. The van der Waals surface area contributed by atoms with E-state index in [1.165, 1.54) is 0 Å². The van der Waals surface area contributed by atoms with E-state index in [1.54, 1.807) is 19.1 Å². The van der Waals surface area contributed by atoms with Crippen molar-refractivity contribution < 1.29 is 9.53 Å². The number of carbonyl (C=O) groups is 1. The van der Waals surface area contributed by atoms with Gasteiger partial charge >= 0.3 is 0 Å². The van der Waals surface area contributed by atoms with E-state index < -0.39 is 0 Å².